The van der Waals surface area contributed by atoms with E-state index in [-0.39, 0.29) is 21.1 Å². The highest BCUT2D eigenvalue weighted by Crippen LogP contribution is 2.23. The van der Waals surface area contributed by atoms with E-state index >= 15 is 0 Å². The molecule has 0 aliphatic rings. The lowest BCUT2D eigenvalue weighted by atomic mass is 10.4. The van der Waals surface area contributed by atoms with Gasteiger partial charge in [0.05, 0.1) is 7.11 Å². The smallest absolute Gasteiger partial charge is 0.440 e. The largest absolute Gasteiger partial charge is 0.452 e. The van der Waals surface area contributed by atoms with Crippen LogP contribution in [0.2, 0.25) is 0 Å². The number of aromatic nitrogens is 3. The van der Waals surface area contributed by atoms with Crippen molar-refractivity contribution in [3.05, 3.63) is 26.5 Å². The van der Waals surface area contributed by atoms with Gasteiger partial charge in [0, 0.05) is 0 Å². The van der Waals surface area contributed by atoms with E-state index in [0.29, 0.717) is 3.67 Å². The standard InChI is InChI=1S/C6H4F3N3O4.Al.2H/c1-16-5(15)12-3(13)2(6(7,8)9)10-11-4(12)14;;;/h1H3,(H,11,13,14);;;/q;+1;;/p-1. The van der Waals surface area contributed by atoms with Gasteiger partial charge in [-0.1, -0.05) is 0 Å². The van der Waals surface area contributed by atoms with Crippen LogP contribution in [-0.4, -0.2) is 43.0 Å². The number of halogens is 3. The zero-order valence-corrected chi connectivity index (χ0v) is 10.6. The van der Waals surface area contributed by atoms with Crippen molar-refractivity contribution in [1.29, 1.82) is 0 Å². The van der Waals surface area contributed by atoms with Gasteiger partial charge in [0.1, 0.15) is 0 Å². The van der Waals surface area contributed by atoms with E-state index in [0.717, 1.165) is 7.11 Å². The van der Waals surface area contributed by atoms with Crippen LogP contribution in [0.1, 0.15) is 5.69 Å². The second kappa shape index (κ2) is 4.34. The van der Waals surface area contributed by atoms with Crippen molar-refractivity contribution in [2.45, 2.75) is 6.18 Å². The van der Waals surface area contributed by atoms with E-state index in [9.17, 15) is 27.6 Å². The van der Waals surface area contributed by atoms with Crippen LogP contribution in [0.5, 0.6) is 0 Å². The maximum Gasteiger partial charge on any atom is 0.440 e. The number of methoxy groups -OCH3 is 1. The summed E-state index contributed by atoms with van der Waals surface area (Å²) >= 11 is -0.221. The molecule has 0 aliphatic carbocycles. The van der Waals surface area contributed by atoms with Crippen molar-refractivity contribution >= 4 is 22.6 Å². The first-order chi connectivity index (χ1) is 7.70. The van der Waals surface area contributed by atoms with Crippen molar-refractivity contribution in [3.63, 3.8) is 0 Å². The molecule has 0 radical (unpaired) electrons. The highest BCUT2D eigenvalue weighted by Gasteiger charge is 2.38. The maximum absolute atomic E-state index is 12.4. The molecule has 0 amide bonds. The van der Waals surface area contributed by atoms with Crippen LogP contribution in [-0.2, 0) is 10.9 Å². The molecule has 1 aromatic rings. The molecule has 0 N–H and O–H groups in total. The quantitative estimate of drug-likeness (QED) is 0.530. The Morgan fingerprint density at radius 1 is 1.41 bits per heavy atom. The Labute approximate surface area is 99.0 Å². The number of hydrogen-bond acceptors (Lipinski definition) is 5. The lowest BCUT2D eigenvalue weighted by Crippen LogP contribution is -2.48. The van der Waals surface area contributed by atoms with Crippen LogP contribution in [0.15, 0.2) is 9.59 Å². The summed E-state index contributed by atoms with van der Waals surface area (Å²) in [5.74, 6) is 0. The van der Waals surface area contributed by atoms with Gasteiger partial charge in [-0.2, -0.15) is 22.8 Å². The minimum atomic E-state index is -5.05. The summed E-state index contributed by atoms with van der Waals surface area (Å²) < 4.78 is 41.3. The molecular weight excluding hydrogens is 262 g/mol. The minimum absolute atomic E-state index is 0.221. The molecular formula is C6H5AlF3N3O4. The predicted molar refractivity (Wildman–Crippen MR) is 49.5 cm³/mol. The minimum Gasteiger partial charge on any atom is -0.452 e. The molecule has 0 spiro atoms. The molecule has 0 saturated heterocycles. The first-order valence-corrected chi connectivity index (χ1v) is 4.95. The van der Waals surface area contributed by atoms with Crippen LogP contribution in [0.25, 0.3) is 0 Å². The number of rotatable bonds is 0. The van der Waals surface area contributed by atoms with E-state index < -0.39 is 29.2 Å². The number of hydrogen-bond donors (Lipinski definition) is 0. The van der Waals surface area contributed by atoms with Gasteiger partial charge >= 0.3 is 34.5 Å². The van der Waals surface area contributed by atoms with Crippen LogP contribution in [0.4, 0.5) is 18.0 Å². The van der Waals surface area contributed by atoms with Gasteiger partial charge in [-0.15, -0.1) is 0 Å². The molecule has 1 aromatic heterocycles. The average Bonchev–Trinajstić information content (AvgIpc) is 2.21. The third-order valence-electron chi connectivity index (χ3n) is 1.75. The first kappa shape index (κ1) is 13.5. The Hall–Kier alpha value is -1.60. The summed E-state index contributed by atoms with van der Waals surface area (Å²) in [7, 11) is 0.833. The topological polar surface area (TPSA) is 83.2 Å². The van der Waals surface area contributed by atoms with Crippen molar-refractivity contribution in [1.82, 2.24) is 13.3 Å². The zero-order valence-electron chi connectivity index (χ0n) is 8.61. The van der Waals surface area contributed by atoms with E-state index in [1.165, 1.54) is 0 Å². The van der Waals surface area contributed by atoms with E-state index in [4.69, 9.17) is 0 Å². The molecule has 1 rings (SSSR count). The molecule has 7 nitrogen and oxygen atoms in total. The molecule has 92 valence electrons. The van der Waals surface area contributed by atoms with Gasteiger partial charge in [0.25, 0.3) is 5.56 Å². The lowest BCUT2D eigenvalue weighted by Gasteiger charge is -2.09. The average molecular weight is 267 g/mol. The van der Waals surface area contributed by atoms with Crippen molar-refractivity contribution in [3.8, 4) is 0 Å². The number of carbonyl (C=O) groups excluding carboxylic acids is 1. The fraction of sp³-hybridized carbons (Fsp3) is 0.333. The van der Waals surface area contributed by atoms with Crippen LogP contribution < -0.4 is 11.2 Å². The van der Waals surface area contributed by atoms with Gasteiger partial charge in [-0.25, -0.2) is 9.59 Å². The normalized spacial score (nSPS) is 11.3. The highest BCUT2D eigenvalue weighted by atomic mass is 27.1. The second-order valence-corrected chi connectivity index (χ2v) is 3.71. The SMILES string of the molecule is COC(=O)n1c(=O)c(C(F)(F)F)n[n]([AlH2])c1=O. The molecule has 0 unspecified atom stereocenters. The summed E-state index contributed by atoms with van der Waals surface area (Å²) in [6.07, 6.45) is -6.54. The number of nitrogens with zero attached hydrogens (tertiary/aromatic N) is 3. The molecule has 0 aromatic carbocycles. The summed E-state index contributed by atoms with van der Waals surface area (Å²) in [5.41, 5.74) is -4.94. The van der Waals surface area contributed by atoms with E-state index in [1.54, 1.807) is 0 Å². The summed E-state index contributed by atoms with van der Waals surface area (Å²) in [5, 5.41) is 2.82. The number of alkyl halides is 3. The summed E-state index contributed by atoms with van der Waals surface area (Å²) in [6, 6.07) is 0. The van der Waals surface area contributed by atoms with Gasteiger partial charge in [-0.3, -0.25) is 4.79 Å². The Morgan fingerprint density at radius 2 is 1.94 bits per heavy atom. The van der Waals surface area contributed by atoms with Gasteiger partial charge in [-0.05, 0) is 0 Å². The van der Waals surface area contributed by atoms with Gasteiger partial charge in [0.15, 0.2) is 0 Å². The molecule has 11 heteroatoms. The number of ether oxygens (including phenoxy) is 1. The molecule has 17 heavy (non-hydrogen) atoms. The number of carbonyl (C=O) groups is 1. The lowest BCUT2D eigenvalue weighted by molar-refractivity contribution is -0.143. The van der Waals surface area contributed by atoms with Crippen LogP contribution in [0, 0.1) is 0 Å². The Kier molecular flexibility index (Phi) is 3.44. The maximum atomic E-state index is 12.4. The molecule has 0 fully saturated rings. The summed E-state index contributed by atoms with van der Waals surface area (Å²) in [4.78, 5) is 33.6. The van der Waals surface area contributed by atoms with Crippen molar-refractivity contribution in [2.24, 2.45) is 0 Å². The third kappa shape index (κ3) is 2.40. The first-order valence-electron chi connectivity index (χ1n) is 4.06. The molecule has 0 saturated carbocycles. The molecule has 0 atom stereocenters. The molecule has 1 heterocycles. The Balaban J connectivity index is 3.73. The van der Waals surface area contributed by atoms with Crippen molar-refractivity contribution < 1.29 is 22.7 Å². The Bertz CT molecular complexity index is 575. The fourth-order valence-corrected chi connectivity index (χ4v) is 1.40. The van der Waals surface area contributed by atoms with Gasteiger partial charge in [0.2, 0.25) is 5.69 Å². The van der Waals surface area contributed by atoms with E-state index in [1.807, 2.05) is 0 Å². The van der Waals surface area contributed by atoms with Crippen LogP contribution >= 0.6 is 0 Å². The molecule has 0 bridgehead atoms. The third-order valence-corrected chi connectivity index (χ3v) is 2.33. The highest BCUT2D eigenvalue weighted by molar-refractivity contribution is 6.05. The van der Waals surface area contributed by atoms with E-state index in [2.05, 4.69) is 9.84 Å². The summed E-state index contributed by atoms with van der Waals surface area (Å²) in [6.45, 7) is 0. The monoisotopic (exact) mass is 267 g/mol. The second-order valence-electron chi connectivity index (χ2n) is 2.86. The fourth-order valence-electron chi connectivity index (χ4n) is 1.00. The van der Waals surface area contributed by atoms with Crippen molar-refractivity contribution in [2.75, 3.05) is 7.11 Å². The molecule has 0 aliphatic heterocycles. The van der Waals surface area contributed by atoms with Gasteiger partial charge < -0.3 is 8.40 Å². The Morgan fingerprint density at radius 3 is 2.35 bits per heavy atom. The zero-order chi connectivity index (χ0) is 13.4. The van der Waals surface area contributed by atoms with Crippen LogP contribution in [0.3, 0.4) is 0 Å². The predicted octanol–water partition coefficient (Wildman–Crippen LogP) is -1.57.